The Kier molecular flexibility index (Phi) is 11.6. The number of allylic oxidation sites excluding steroid dienone is 3. The lowest BCUT2D eigenvalue weighted by Gasteiger charge is -2.38. The third kappa shape index (κ3) is 11.0. The molecule has 2 amide bonds. The molecule has 0 aromatic heterocycles. The molecule has 0 aromatic rings. The summed E-state index contributed by atoms with van der Waals surface area (Å²) in [5.41, 5.74) is 1.04. The molecule has 4 fully saturated rings. The molecule has 0 saturated carbocycles. The quantitative estimate of drug-likeness (QED) is 0.283. The van der Waals surface area contributed by atoms with E-state index in [-0.39, 0.29) is 35.5 Å². The molecule has 0 aromatic carbocycles. The zero-order valence-electron chi connectivity index (χ0n) is 24.2. The molecular weight excluding hydrogens is 502 g/mol. The van der Waals surface area contributed by atoms with Gasteiger partial charge in [0.2, 0.25) is 5.91 Å². The van der Waals surface area contributed by atoms with Crippen LogP contribution in [0.25, 0.3) is 0 Å². The van der Waals surface area contributed by atoms with E-state index in [1.165, 1.54) is 4.90 Å². The van der Waals surface area contributed by atoms with Gasteiger partial charge in [0.1, 0.15) is 0 Å². The van der Waals surface area contributed by atoms with Crippen molar-refractivity contribution in [1.29, 1.82) is 0 Å². The number of amides is 2. The zero-order chi connectivity index (χ0) is 28.5. The number of hydrogen-bond donors (Lipinski definition) is 2. The normalized spacial score (nSPS) is 31.3. The SMILES string of the molecule is CC/C=C\C(=O)NC1COC(C/C=C(C)/C=C/C2CC3(CO3)CC(C)(C)O2)OC1.CN1CCN(C(=O)O)CC1. The molecule has 0 bridgehead atoms. The molecule has 39 heavy (non-hydrogen) atoms. The van der Waals surface area contributed by atoms with Gasteiger partial charge in [-0.2, -0.15) is 0 Å². The van der Waals surface area contributed by atoms with Gasteiger partial charge in [0.05, 0.1) is 43.2 Å². The number of epoxide rings is 1. The molecule has 10 nitrogen and oxygen atoms in total. The van der Waals surface area contributed by atoms with Crippen LogP contribution in [0.4, 0.5) is 4.79 Å². The second kappa shape index (κ2) is 14.4. The highest BCUT2D eigenvalue weighted by Gasteiger charge is 2.53. The van der Waals surface area contributed by atoms with Crippen molar-refractivity contribution in [2.45, 2.75) is 83.0 Å². The van der Waals surface area contributed by atoms with Crippen LogP contribution in [0.15, 0.2) is 36.0 Å². The fraction of sp³-hybridized carbons (Fsp3) is 0.724. The highest BCUT2D eigenvalue weighted by atomic mass is 16.7. The van der Waals surface area contributed by atoms with E-state index < -0.39 is 6.09 Å². The molecule has 4 saturated heterocycles. The van der Waals surface area contributed by atoms with E-state index in [0.717, 1.165) is 44.5 Å². The highest BCUT2D eigenvalue weighted by molar-refractivity contribution is 5.87. The summed E-state index contributed by atoms with van der Waals surface area (Å²) in [4.78, 5) is 25.6. The molecule has 0 radical (unpaired) electrons. The maximum Gasteiger partial charge on any atom is 0.407 e. The van der Waals surface area contributed by atoms with Crippen LogP contribution in [-0.4, -0.2) is 110 Å². The molecule has 1 spiro atoms. The number of likely N-dealkylation sites (N-methyl/N-ethyl adjacent to an activating group) is 1. The van der Waals surface area contributed by atoms with Crippen LogP contribution >= 0.6 is 0 Å². The second-order valence-corrected chi connectivity index (χ2v) is 11.5. The van der Waals surface area contributed by atoms with Crippen molar-refractivity contribution < 1.29 is 33.6 Å². The number of hydrogen-bond acceptors (Lipinski definition) is 7. The topological polar surface area (TPSA) is 113 Å². The van der Waals surface area contributed by atoms with Gasteiger partial charge in [-0.05, 0) is 40.3 Å². The van der Waals surface area contributed by atoms with E-state index in [0.29, 0.717) is 32.7 Å². The molecule has 2 atom stereocenters. The lowest BCUT2D eigenvalue weighted by Crippen LogP contribution is -2.46. The van der Waals surface area contributed by atoms with Gasteiger partial charge in [-0.15, -0.1) is 0 Å². The van der Waals surface area contributed by atoms with Gasteiger partial charge in [-0.3, -0.25) is 4.79 Å². The zero-order valence-corrected chi connectivity index (χ0v) is 24.2. The fourth-order valence-corrected chi connectivity index (χ4v) is 4.98. The Balaban J connectivity index is 0.000000353. The maximum atomic E-state index is 11.7. The van der Waals surface area contributed by atoms with Crippen LogP contribution in [-0.2, 0) is 23.7 Å². The molecule has 4 rings (SSSR count). The molecule has 10 heteroatoms. The maximum absolute atomic E-state index is 11.7. The van der Waals surface area contributed by atoms with Gasteiger partial charge in [-0.25, -0.2) is 4.79 Å². The van der Waals surface area contributed by atoms with E-state index in [1.54, 1.807) is 6.08 Å². The van der Waals surface area contributed by atoms with Gasteiger partial charge in [0.25, 0.3) is 0 Å². The van der Waals surface area contributed by atoms with E-state index in [4.69, 9.17) is 24.1 Å². The van der Waals surface area contributed by atoms with Gasteiger partial charge in [0, 0.05) is 45.4 Å². The molecule has 2 unspecified atom stereocenters. The summed E-state index contributed by atoms with van der Waals surface area (Å²) in [6, 6.07) is -0.103. The first-order valence-electron chi connectivity index (χ1n) is 14.0. The van der Waals surface area contributed by atoms with Crippen LogP contribution in [0.5, 0.6) is 0 Å². The molecule has 220 valence electrons. The third-order valence-electron chi connectivity index (χ3n) is 7.14. The first kappa shape index (κ1) is 31.3. The monoisotopic (exact) mass is 549 g/mol. The first-order chi connectivity index (χ1) is 18.5. The Labute approximate surface area is 233 Å². The minimum Gasteiger partial charge on any atom is -0.465 e. The summed E-state index contributed by atoms with van der Waals surface area (Å²) in [7, 11) is 2.00. The van der Waals surface area contributed by atoms with Gasteiger partial charge < -0.3 is 39.2 Å². The Morgan fingerprint density at radius 2 is 1.77 bits per heavy atom. The van der Waals surface area contributed by atoms with Crippen LogP contribution < -0.4 is 5.32 Å². The van der Waals surface area contributed by atoms with Crippen molar-refractivity contribution in [2.75, 3.05) is 53.0 Å². The summed E-state index contributed by atoms with van der Waals surface area (Å²) in [6.07, 6.45) is 12.2. The Bertz CT molecular complexity index is 891. The standard InChI is InChI=1S/C23H35NO5.C6H12N2O2/c1-5-6-7-20(25)24-18-13-26-21(27-14-18)11-9-17(2)8-10-19-12-23(16-28-23)15-22(3,4)29-19;1-7-2-4-8(5-3-7)6(9)10/h6-10,18-19,21H,5,11-16H2,1-4H3,(H,24,25);2-5H2,1H3,(H,9,10)/b7-6-,10-8+,17-9+;. The van der Waals surface area contributed by atoms with Crippen LogP contribution in [0.2, 0.25) is 0 Å². The second-order valence-electron chi connectivity index (χ2n) is 11.5. The lowest BCUT2D eigenvalue weighted by molar-refractivity contribution is -0.187. The predicted molar refractivity (Wildman–Crippen MR) is 149 cm³/mol. The first-order valence-corrected chi connectivity index (χ1v) is 14.0. The summed E-state index contributed by atoms with van der Waals surface area (Å²) in [5, 5.41) is 11.4. The minimum absolute atomic E-state index is 0.0381. The Morgan fingerprint density at radius 3 is 2.36 bits per heavy atom. The largest absolute Gasteiger partial charge is 0.465 e. The summed E-state index contributed by atoms with van der Waals surface area (Å²) in [6.45, 7) is 13.1. The van der Waals surface area contributed by atoms with E-state index in [2.05, 4.69) is 49.2 Å². The van der Waals surface area contributed by atoms with Crippen molar-refractivity contribution in [3.63, 3.8) is 0 Å². The average molecular weight is 550 g/mol. The number of carbonyl (C=O) groups is 2. The van der Waals surface area contributed by atoms with Crippen LogP contribution in [0.1, 0.15) is 53.4 Å². The van der Waals surface area contributed by atoms with Crippen molar-refractivity contribution in [2.24, 2.45) is 0 Å². The molecule has 2 N–H and O–H groups in total. The summed E-state index contributed by atoms with van der Waals surface area (Å²) < 4.78 is 23.3. The van der Waals surface area contributed by atoms with Gasteiger partial charge in [0.15, 0.2) is 6.29 Å². The van der Waals surface area contributed by atoms with Gasteiger partial charge >= 0.3 is 6.09 Å². The number of carbonyl (C=O) groups excluding carboxylic acids is 1. The number of nitrogens with zero attached hydrogens (tertiary/aromatic N) is 2. The van der Waals surface area contributed by atoms with Crippen molar-refractivity contribution in [3.8, 4) is 0 Å². The van der Waals surface area contributed by atoms with Crippen molar-refractivity contribution in [1.82, 2.24) is 15.1 Å². The molecule has 0 aliphatic carbocycles. The molecule has 4 aliphatic heterocycles. The molecular formula is C29H47N3O7. The van der Waals surface area contributed by atoms with Crippen molar-refractivity contribution >= 4 is 12.0 Å². The van der Waals surface area contributed by atoms with Crippen molar-refractivity contribution in [3.05, 3.63) is 36.0 Å². The smallest absolute Gasteiger partial charge is 0.407 e. The van der Waals surface area contributed by atoms with Crippen LogP contribution in [0.3, 0.4) is 0 Å². The number of carboxylic acid groups (broad SMARTS) is 1. The highest BCUT2D eigenvalue weighted by Crippen LogP contribution is 2.46. The average Bonchev–Trinajstić information content (AvgIpc) is 3.62. The van der Waals surface area contributed by atoms with Gasteiger partial charge in [-0.1, -0.05) is 36.8 Å². The lowest BCUT2D eigenvalue weighted by atomic mass is 9.85. The summed E-state index contributed by atoms with van der Waals surface area (Å²) >= 11 is 0. The summed E-state index contributed by atoms with van der Waals surface area (Å²) in [5.74, 6) is -0.102. The third-order valence-corrected chi connectivity index (χ3v) is 7.14. The van der Waals surface area contributed by atoms with E-state index in [1.807, 2.05) is 20.0 Å². The number of ether oxygens (including phenoxy) is 4. The van der Waals surface area contributed by atoms with E-state index >= 15 is 0 Å². The van der Waals surface area contributed by atoms with E-state index in [9.17, 15) is 9.59 Å². The number of rotatable bonds is 7. The predicted octanol–water partition coefficient (Wildman–Crippen LogP) is 3.34. The molecule has 4 aliphatic rings. The number of piperazine rings is 1. The Hall–Kier alpha value is -2.24. The molecule has 4 heterocycles. The number of nitrogens with one attached hydrogen (secondary N) is 1. The van der Waals surface area contributed by atoms with Crippen LogP contribution in [0, 0.1) is 0 Å². The Morgan fingerprint density at radius 1 is 1.10 bits per heavy atom. The minimum atomic E-state index is -0.798. The fourth-order valence-electron chi connectivity index (χ4n) is 4.98.